The molecular weight excluding hydrogens is 350 g/mol. The van der Waals surface area contributed by atoms with Crippen molar-refractivity contribution in [2.75, 3.05) is 13.6 Å². The predicted molar refractivity (Wildman–Crippen MR) is 101 cm³/mol. The number of aryl methyl sites for hydroxylation is 1. The highest BCUT2D eigenvalue weighted by atomic mass is 79.9. The van der Waals surface area contributed by atoms with Crippen molar-refractivity contribution < 1.29 is 5.11 Å². The van der Waals surface area contributed by atoms with Crippen LogP contribution in [-0.2, 0) is 6.54 Å². The molecule has 0 saturated carbocycles. The van der Waals surface area contributed by atoms with Crippen LogP contribution in [0.2, 0.25) is 0 Å². The summed E-state index contributed by atoms with van der Waals surface area (Å²) in [7, 11) is 2.03. The van der Waals surface area contributed by atoms with Crippen molar-refractivity contribution in [3.63, 3.8) is 0 Å². The van der Waals surface area contributed by atoms with Crippen molar-refractivity contribution in [1.82, 2.24) is 4.90 Å². The minimum atomic E-state index is -0.466. The van der Waals surface area contributed by atoms with Crippen molar-refractivity contribution >= 4 is 22.0 Å². The predicted octanol–water partition coefficient (Wildman–Crippen LogP) is 4.65. The topological polar surface area (TPSA) is 23.5 Å². The normalized spacial score (nSPS) is 13.4. The molecule has 1 N–H and O–H groups in total. The first-order valence-electron chi connectivity index (χ1n) is 7.80. The Labute approximate surface area is 147 Å². The van der Waals surface area contributed by atoms with Crippen LogP contribution in [0.5, 0.6) is 0 Å². The first-order valence-corrected chi connectivity index (χ1v) is 8.60. The molecule has 0 aliphatic rings. The van der Waals surface area contributed by atoms with Crippen LogP contribution in [0.3, 0.4) is 0 Å². The van der Waals surface area contributed by atoms with Crippen molar-refractivity contribution in [1.29, 1.82) is 0 Å². The average Bonchev–Trinajstić information content (AvgIpc) is 2.49. The van der Waals surface area contributed by atoms with Crippen molar-refractivity contribution in [3.8, 4) is 0 Å². The molecule has 1 atom stereocenters. The summed E-state index contributed by atoms with van der Waals surface area (Å²) in [6.07, 6.45) is 1.61. The highest BCUT2D eigenvalue weighted by Crippen LogP contribution is 2.16. The molecule has 2 aromatic carbocycles. The number of aliphatic hydroxyl groups excluding tert-OH is 1. The smallest absolute Gasteiger partial charge is 0.0877 e. The zero-order valence-corrected chi connectivity index (χ0v) is 15.5. The lowest BCUT2D eigenvalue weighted by Gasteiger charge is -2.21. The van der Waals surface area contributed by atoms with Gasteiger partial charge in [0.1, 0.15) is 0 Å². The first kappa shape index (κ1) is 17.9. The fourth-order valence-electron chi connectivity index (χ4n) is 2.54. The molecule has 0 aliphatic carbocycles. The Hall–Kier alpha value is -1.42. The van der Waals surface area contributed by atoms with Gasteiger partial charge in [-0.3, -0.25) is 4.90 Å². The van der Waals surface area contributed by atoms with Crippen LogP contribution in [0, 0.1) is 6.92 Å². The second kappa shape index (κ2) is 8.44. The Kier molecular flexibility index (Phi) is 6.58. The molecule has 0 saturated heterocycles. The van der Waals surface area contributed by atoms with Gasteiger partial charge in [0.05, 0.1) is 6.10 Å². The SMILES string of the molecule is C/C(=C\c1ccccc1C)C(O)CN(C)Cc1cccc(Br)c1. The Morgan fingerprint density at radius 1 is 1.22 bits per heavy atom. The van der Waals surface area contributed by atoms with Gasteiger partial charge in [0.15, 0.2) is 0 Å². The summed E-state index contributed by atoms with van der Waals surface area (Å²) in [5.74, 6) is 0. The quantitative estimate of drug-likeness (QED) is 0.795. The number of likely N-dealkylation sites (N-methyl/N-ethyl adjacent to an activating group) is 1. The number of hydrogen-bond donors (Lipinski definition) is 1. The molecule has 0 fully saturated rings. The van der Waals surface area contributed by atoms with Crippen molar-refractivity contribution in [2.24, 2.45) is 0 Å². The van der Waals surface area contributed by atoms with Crippen molar-refractivity contribution in [2.45, 2.75) is 26.5 Å². The van der Waals surface area contributed by atoms with Gasteiger partial charge < -0.3 is 5.11 Å². The van der Waals surface area contributed by atoms with Crippen LogP contribution >= 0.6 is 15.9 Å². The monoisotopic (exact) mass is 373 g/mol. The van der Waals surface area contributed by atoms with Crippen LogP contribution < -0.4 is 0 Å². The molecule has 0 radical (unpaired) electrons. The zero-order valence-electron chi connectivity index (χ0n) is 14.0. The first-order chi connectivity index (χ1) is 11.0. The zero-order chi connectivity index (χ0) is 16.8. The standard InChI is InChI=1S/C20H24BrNO/c1-15-7-4-5-9-18(15)11-16(2)20(23)14-22(3)13-17-8-6-10-19(21)12-17/h4-12,20,23H,13-14H2,1-3H3/b16-11+. The van der Waals surface area contributed by atoms with Gasteiger partial charge >= 0.3 is 0 Å². The van der Waals surface area contributed by atoms with Crippen LogP contribution in [0.4, 0.5) is 0 Å². The second-order valence-corrected chi connectivity index (χ2v) is 7.00. The summed E-state index contributed by atoms with van der Waals surface area (Å²) in [5.41, 5.74) is 4.61. The molecule has 0 bridgehead atoms. The molecule has 0 amide bonds. The van der Waals surface area contributed by atoms with Gasteiger partial charge in [-0.2, -0.15) is 0 Å². The van der Waals surface area contributed by atoms with E-state index in [1.807, 2.05) is 38.2 Å². The molecule has 122 valence electrons. The molecule has 3 heteroatoms. The molecule has 0 heterocycles. The van der Waals surface area contributed by atoms with E-state index in [0.29, 0.717) is 6.54 Å². The number of rotatable bonds is 6. The molecule has 1 unspecified atom stereocenters. The van der Waals surface area contributed by atoms with Crippen LogP contribution in [0.1, 0.15) is 23.6 Å². The lowest BCUT2D eigenvalue weighted by Crippen LogP contribution is -2.29. The maximum absolute atomic E-state index is 10.5. The molecule has 2 rings (SSSR count). The number of halogens is 1. The van der Waals surface area contributed by atoms with E-state index in [1.54, 1.807) is 0 Å². The van der Waals surface area contributed by atoms with E-state index in [4.69, 9.17) is 0 Å². The number of aliphatic hydroxyl groups is 1. The van der Waals surface area contributed by atoms with Gasteiger partial charge in [-0.15, -0.1) is 0 Å². The van der Waals surface area contributed by atoms with Crippen LogP contribution in [0.25, 0.3) is 6.08 Å². The number of hydrogen-bond acceptors (Lipinski definition) is 2. The molecule has 0 aliphatic heterocycles. The van der Waals surface area contributed by atoms with Gasteiger partial charge in [-0.1, -0.05) is 58.4 Å². The third kappa shape index (κ3) is 5.61. The van der Waals surface area contributed by atoms with E-state index >= 15 is 0 Å². The van der Waals surface area contributed by atoms with Gasteiger partial charge in [0, 0.05) is 17.6 Å². The Morgan fingerprint density at radius 3 is 2.65 bits per heavy atom. The Bertz CT molecular complexity index is 681. The van der Waals surface area contributed by atoms with Gasteiger partial charge in [0.25, 0.3) is 0 Å². The maximum Gasteiger partial charge on any atom is 0.0877 e. The molecule has 2 aromatic rings. The lowest BCUT2D eigenvalue weighted by molar-refractivity contribution is 0.152. The summed E-state index contributed by atoms with van der Waals surface area (Å²) in [6, 6.07) is 16.5. The van der Waals surface area contributed by atoms with E-state index in [-0.39, 0.29) is 0 Å². The summed E-state index contributed by atoms with van der Waals surface area (Å²) in [5, 5.41) is 10.5. The van der Waals surface area contributed by atoms with E-state index in [0.717, 1.165) is 16.6 Å². The summed E-state index contributed by atoms with van der Waals surface area (Å²) in [4.78, 5) is 2.14. The second-order valence-electron chi connectivity index (χ2n) is 6.09. The average molecular weight is 374 g/mol. The van der Waals surface area contributed by atoms with E-state index in [1.165, 1.54) is 16.7 Å². The van der Waals surface area contributed by atoms with Gasteiger partial charge in [0.2, 0.25) is 0 Å². The van der Waals surface area contributed by atoms with Crippen LogP contribution in [0.15, 0.2) is 58.6 Å². The largest absolute Gasteiger partial charge is 0.387 e. The van der Waals surface area contributed by atoms with Crippen molar-refractivity contribution in [3.05, 3.63) is 75.3 Å². The van der Waals surface area contributed by atoms with E-state index < -0.39 is 6.10 Å². The highest BCUT2D eigenvalue weighted by molar-refractivity contribution is 9.10. The van der Waals surface area contributed by atoms with Crippen LogP contribution in [-0.4, -0.2) is 29.7 Å². The third-order valence-electron chi connectivity index (χ3n) is 3.92. The third-order valence-corrected chi connectivity index (χ3v) is 4.42. The lowest BCUT2D eigenvalue weighted by atomic mass is 10.0. The van der Waals surface area contributed by atoms with Gasteiger partial charge in [-0.25, -0.2) is 0 Å². The maximum atomic E-state index is 10.5. The fourth-order valence-corrected chi connectivity index (χ4v) is 2.99. The Morgan fingerprint density at radius 2 is 1.96 bits per heavy atom. The molecule has 2 nitrogen and oxygen atoms in total. The molecule has 23 heavy (non-hydrogen) atoms. The summed E-state index contributed by atoms with van der Waals surface area (Å²) < 4.78 is 1.08. The Balaban J connectivity index is 1.97. The number of nitrogens with zero attached hydrogens (tertiary/aromatic N) is 1. The highest BCUT2D eigenvalue weighted by Gasteiger charge is 2.11. The molecular formula is C20H24BrNO. The molecule has 0 spiro atoms. The van der Waals surface area contributed by atoms with E-state index in [2.05, 4.69) is 58.1 Å². The minimum Gasteiger partial charge on any atom is -0.387 e. The summed E-state index contributed by atoms with van der Waals surface area (Å²) in [6.45, 7) is 5.50. The van der Waals surface area contributed by atoms with Gasteiger partial charge in [-0.05, 0) is 55.3 Å². The summed E-state index contributed by atoms with van der Waals surface area (Å²) >= 11 is 3.49. The van der Waals surface area contributed by atoms with E-state index in [9.17, 15) is 5.11 Å². The molecule has 0 aromatic heterocycles. The fraction of sp³-hybridized carbons (Fsp3) is 0.300. The number of benzene rings is 2. The minimum absolute atomic E-state index is 0.466.